The minimum absolute atomic E-state index is 0.238. The van der Waals surface area contributed by atoms with Crippen molar-refractivity contribution >= 4 is 28.2 Å². The van der Waals surface area contributed by atoms with E-state index in [0.29, 0.717) is 16.5 Å². The topological polar surface area (TPSA) is 79.2 Å². The van der Waals surface area contributed by atoms with Crippen LogP contribution in [0.5, 0.6) is 0 Å². The van der Waals surface area contributed by atoms with Crippen LogP contribution in [-0.2, 0) is 27.2 Å². The number of nitrogens with zero attached hydrogens (tertiary/aromatic N) is 1. The van der Waals surface area contributed by atoms with Gasteiger partial charge in [0.2, 0.25) is 0 Å². The van der Waals surface area contributed by atoms with Crippen molar-refractivity contribution in [3.8, 4) is 6.07 Å². The molecule has 1 aromatic rings. The van der Waals surface area contributed by atoms with Crippen molar-refractivity contribution in [2.75, 3.05) is 11.9 Å². The van der Waals surface area contributed by atoms with Crippen LogP contribution in [0.3, 0.4) is 0 Å². The second-order valence-electron chi connectivity index (χ2n) is 5.23. The van der Waals surface area contributed by atoms with Gasteiger partial charge in [0, 0.05) is 11.3 Å². The lowest BCUT2D eigenvalue weighted by Crippen LogP contribution is -2.20. The molecule has 21 heavy (non-hydrogen) atoms. The van der Waals surface area contributed by atoms with Gasteiger partial charge >= 0.3 is 5.97 Å². The number of ether oxygens (including phenoxy) is 1. The van der Waals surface area contributed by atoms with Gasteiger partial charge in [-0.3, -0.25) is 9.59 Å². The number of hydrogen-bond acceptors (Lipinski definition) is 5. The number of esters is 1. The van der Waals surface area contributed by atoms with E-state index in [1.165, 1.54) is 16.2 Å². The summed E-state index contributed by atoms with van der Waals surface area (Å²) in [6.45, 7) is 3.55. The highest BCUT2D eigenvalue weighted by Gasteiger charge is 2.24. The first-order chi connectivity index (χ1) is 10.0. The second-order valence-corrected chi connectivity index (χ2v) is 6.34. The summed E-state index contributed by atoms with van der Waals surface area (Å²) in [7, 11) is 0. The molecule has 1 aliphatic rings. The molecule has 0 bridgehead atoms. The van der Waals surface area contributed by atoms with Gasteiger partial charge in [-0.15, -0.1) is 11.3 Å². The Bertz CT molecular complexity index is 601. The zero-order chi connectivity index (χ0) is 15.4. The van der Waals surface area contributed by atoms with Crippen LogP contribution in [0.1, 0.15) is 42.7 Å². The highest BCUT2D eigenvalue weighted by Crippen LogP contribution is 2.39. The predicted octanol–water partition coefficient (Wildman–Crippen LogP) is 2.64. The summed E-state index contributed by atoms with van der Waals surface area (Å²) in [6.07, 6.45) is 3.15. The zero-order valence-electron chi connectivity index (χ0n) is 12.2. The molecule has 0 radical (unpaired) electrons. The highest BCUT2D eigenvalue weighted by atomic mass is 32.1. The minimum Gasteiger partial charge on any atom is -0.456 e. The van der Waals surface area contributed by atoms with Gasteiger partial charge in [-0.1, -0.05) is 13.8 Å². The Morgan fingerprint density at radius 3 is 2.95 bits per heavy atom. The van der Waals surface area contributed by atoms with Crippen molar-refractivity contribution in [1.82, 2.24) is 0 Å². The largest absolute Gasteiger partial charge is 0.456 e. The van der Waals surface area contributed by atoms with E-state index in [9.17, 15) is 14.9 Å². The number of carbonyl (C=O) groups is 2. The van der Waals surface area contributed by atoms with Crippen LogP contribution >= 0.6 is 11.3 Å². The number of amides is 1. The fourth-order valence-electron chi connectivity index (χ4n) is 2.37. The van der Waals surface area contributed by atoms with Gasteiger partial charge in [-0.05, 0) is 30.7 Å². The lowest BCUT2D eigenvalue weighted by molar-refractivity contribution is -0.146. The number of carbonyl (C=O) groups excluding carboxylic acids is 2. The highest BCUT2D eigenvalue weighted by molar-refractivity contribution is 7.16. The lowest BCUT2D eigenvalue weighted by atomic mass is 9.89. The number of rotatable bonds is 4. The molecule has 1 aliphatic carbocycles. The van der Waals surface area contributed by atoms with Crippen LogP contribution in [0.25, 0.3) is 0 Å². The second kappa shape index (κ2) is 6.72. The molecule has 1 heterocycles. The van der Waals surface area contributed by atoms with Crippen molar-refractivity contribution in [2.24, 2.45) is 5.92 Å². The van der Waals surface area contributed by atoms with E-state index in [4.69, 9.17) is 4.74 Å². The van der Waals surface area contributed by atoms with E-state index in [1.54, 1.807) is 6.92 Å². The van der Waals surface area contributed by atoms with Crippen molar-refractivity contribution in [3.05, 3.63) is 16.0 Å². The summed E-state index contributed by atoms with van der Waals surface area (Å²) in [5.74, 6) is -0.207. The molecule has 0 unspecified atom stereocenters. The van der Waals surface area contributed by atoms with Gasteiger partial charge in [-0.2, -0.15) is 5.26 Å². The summed E-state index contributed by atoms with van der Waals surface area (Å²) in [6, 6.07) is 2.19. The van der Waals surface area contributed by atoms with Gasteiger partial charge in [0.05, 0.1) is 5.56 Å². The number of nitriles is 1. The van der Waals surface area contributed by atoms with Gasteiger partial charge in [-0.25, -0.2) is 0 Å². The Balaban J connectivity index is 2.08. The molecule has 1 amide bonds. The monoisotopic (exact) mass is 306 g/mol. The van der Waals surface area contributed by atoms with E-state index in [1.807, 2.05) is 0 Å². The molecule has 0 aromatic carbocycles. The molecule has 1 N–H and O–H groups in total. The quantitative estimate of drug-likeness (QED) is 0.867. The Morgan fingerprint density at radius 1 is 1.52 bits per heavy atom. The molecule has 2 rings (SSSR count). The summed E-state index contributed by atoms with van der Waals surface area (Å²) in [5, 5.41) is 12.6. The molecular weight excluding hydrogens is 288 g/mol. The van der Waals surface area contributed by atoms with Crippen molar-refractivity contribution in [3.63, 3.8) is 0 Å². The van der Waals surface area contributed by atoms with E-state index < -0.39 is 11.9 Å². The number of nitrogens with one attached hydrogen (secondary N) is 1. The first-order valence-electron chi connectivity index (χ1n) is 7.05. The summed E-state index contributed by atoms with van der Waals surface area (Å²) in [5.41, 5.74) is 1.64. The summed E-state index contributed by atoms with van der Waals surface area (Å²) in [4.78, 5) is 24.0. The number of hydrogen-bond donors (Lipinski definition) is 1. The van der Waals surface area contributed by atoms with Crippen LogP contribution in [0.4, 0.5) is 5.00 Å². The lowest BCUT2D eigenvalue weighted by Gasteiger charge is -2.17. The minimum atomic E-state index is -0.412. The predicted molar refractivity (Wildman–Crippen MR) is 80.1 cm³/mol. The van der Waals surface area contributed by atoms with E-state index in [-0.39, 0.29) is 13.0 Å². The molecule has 0 fully saturated rings. The molecule has 6 heteroatoms. The Hall–Kier alpha value is -1.87. The first kappa shape index (κ1) is 15.5. The third-order valence-corrected chi connectivity index (χ3v) is 4.70. The normalized spacial score (nSPS) is 16.7. The summed E-state index contributed by atoms with van der Waals surface area (Å²) >= 11 is 1.46. The summed E-state index contributed by atoms with van der Waals surface area (Å²) < 4.78 is 4.79. The van der Waals surface area contributed by atoms with E-state index in [0.717, 1.165) is 24.8 Å². The van der Waals surface area contributed by atoms with Crippen molar-refractivity contribution < 1.29 is 14.3 Å². The van der Waals surface area contributed by atoms with Crippen LogP contribution in [0, 0.1) is 17.2 Å². The van der Waals surface area contributed by atoms with Crippen LogP contribution in [0.2, 0.25) is 0 Å². The molecule has 0 saturated heterocycles. The fourth-order valence-corrected chi connectivity index (χ4v) is 3.75. The van der Waals surface area contributed by atoms with Crippen LogP contribution in [0.15, 0.2) is 0 Å². The number of thiophene rings is 1. The molecule has 1 atom stereocenters. The smallest absolute Gasteiger partial charge is 0.306 e. The average Bonchev–Trinajstić information content (AvgIpc) is 2.80. The standard InChI is InChI=1S/C15H18N2O3S/c1-3-14(19)20-8-13(18)17-15-11(7-16)10-5-4-9(2)6-12(10)21-15/h9H,3-6,8H2,1-2H3,(H,17,18)/t9-/m0/s1. The Labute approximate surface area is 127 Å². The van der Waals surface area contributed by atoms with Crippen molar-refractivity contribution in [2.45, 2.75) is 39.5 Å². The maximum Gasteiger partial charge on any atom is 0.306 e. The van der Waals surface area contributed by atoms with E-state index >= 15 is 0 Å². The average molecular weight is 306 g/mol. The first-order valence-corrected chi connectivity index (χ1v) is 7.86. The molecule has 0 spiro atoms. The maximum absolute atomic E-state index is 11.8. The van der Waals surface area contributed by atoms with Gasteiger partial charge in [0.15, 0.2) is 6.61 Å². The van der Waals surface area contributed by atoms with Gasteiger partial charge < -0.3 is 10.1 Å². The Morgan fingerprint density at radius 2 is 2.29 bits per heavy atom. The third-order valence-electron chi connectivity index (χ3n) is 3.53. The molecule has 1 aromatic heterocycles. The zero-order valence-corrected chi connectivity index (χ0v) is 13.0. The third kappa shape index (κ3) is 3.61. The molecule has 112 valence electrons. The molecule has 0 saturated carbocycles. The van der Waals surface area contributed by atoms with Gasteiger partial charge in [0.25, 0.3) is 5.91 Å². The molecular formula is C15H18N2O3S. The number of anilines is 1. The maximum atomic E-state index is 11.8. The number of fused-ring (bicyclic) bond motifs is 1. The SMILES string of the molecule is CCC(=O)OCC(=O)Nc1sc2c(c1C#N)CC[C@H](C)C2. The Kier molecular flexibility index (Phi) is 4.97. The van der Waals surface area contributed by atoms with E-state index in [2.05, 4.69) is 18.3 Å². The van der Waals surface area contributed by atoms with Crippen LogP contribution < -0.4 is 5.32 Å². The molecule has 5 nitrogen and oxygen atoms in total. The fraction of sp³-hybridized carbons (Fsp3) is 0.533. The van der Waals surface area contributed by atoms with Crippen molar-refractivity contribution in [1.29, 1.82) is 5.26 Å². The van der Waals surface area contributed by atoms with Gasteiger partial charge in [0.1, 0.15) is 11.1 Å². The molecule has 0 aliphatic heterocycles. The van der Waals surface area contributed by atoms with Crippen LogP contribution in [-0.4, -0.2) is 18.5 Å².